The zero-order valence-corrected chi connectivity index (χ0v) is 15.6. The highest BCUT2D eigenvalue weighted by atomic mass is 35.5. The highest BCUT2D eigenvalue weighted by molar-refractivity contribution is 5.95. The number of carbonyl (C=O) groups is 2. The zero-order valence-electron chi connectivity index (χ0n) is 14.8. The van der Waals surface area contributed by atoms with Crippen molar-refractivity contribution in [3.63, 3.8) is 0 Å². The Morgan fingerprint density at radius 1 is 1.24 bits per heavy atom. The van der Waals surface area contributed by atoms with E-state index < -0.39 is 5.54 Å². The van der Waals surface area contributed by atoms with Gasteiger partial charge in [0.25, 0.3) is 0 Å². The quantitative estimate of drug-likeness (QED) is 0.860. The van der Waals surface area contributed by atoms with Gasteiger partial charge >= 0.3 is 0 Å². The van der Waals surface area contributed by atoms with Gasteiger partial charge in [-0.2, -0.15) is 0 Å². The van der Waals surface area contributed by atoms with Gasteiger partial charge in [-0.3, -0.25) is 9.59 Å². The van der Waals surface area contributed by atoms with Crippen molar-refractivity contribution in [3.05, 3.63) is 29.8 Å². The first-order chi connectivity index (χ1) is 11.5. The Hall–Kier alpha value is -1.59. The Labute approximate surface area is 155 Å². The standard InChI is InChI=1S/C19H27N3O2.ClH/c1-14(21-18(24)19(20)10-3-2-4-11-19)15-7-5-8-16(13-15)22-12-6-9-17(22)23;/h5,7-8,13-14H,2-4,6,9-12,20H2,1H3,(H,21,24);1H. The van der Waals surface area contributed by atoms with Crippen molar-refractivity contribution in [3.8, 4) is 0 Å². The zero-order chi connectivity index (χ0) is 17.2. The average molecular weight is 366 g/mol. The summed E-state index contributed by atoms with van der Waals surface area (Å²) < 4.78 is 0. The summed E-state index contributed by atoms with van der Waals surface area (Å²) >= 11 is 0. The fourth-order valence-electron chi connectivity index (χ4n) is 3.72. The van der Waals surface area contributed by atoms with E-state index in [1.165, 1.54) is 0 Å². The molecule has 0 bridgehead atoms. The number of nitrogens with two attached hydrogens (primary N) is 1. The summed E-state index contributed by atoms with van der Waals surface area (Å²) in [6, 6.07) is 7.75. The van der Waals surface area contributed by atoms with E-state index in [9.17, 15) is 9.59 Å². The van der Waals surface area contributed by atoms with Crippen LogP contribution in [-0.4, -0.2) is 23.9 Å². The van der Waals surface area contributed by atoms with Gasteiger partial charge in [0.15, 0.2) is 0 Å². The molecule has 1 saturated heterocycles. The molecule has 0 aromatic heterocycles. The number of carbonyl (C=O) groups excluding carboxylic acids is 2. The molecule has 5 nitrogen and oxygen atoms in total. The summed E-state index contributed by atoms with van der Waals surface area (Å²) in [6.45, 7) is 2.74. The molecule has 25 heavy (non-hydrogen) atoms. The fraction of sp³-hybridized carbons (Fsp3) is 0.579. The molecule has 6 heteroatoms. The monoisotopic (exact) mass is 365 g/mol. The van der Waals surface area contributed by atoms with Crippen LogP contribution in [0.25, 0.3) is 0 Å². The first kappa shape index (κ1) is 19.7. The molecule has 1 atom stereocenters. The van der Waals surface area contributed by atoms with Crippen LogP contribution in [0.15, 0.2) is 24.3 Å². The van der Waals surface area contributed by atoms with Gasteiger partial charge in [-0.25, -0.2) is 0 Å². The second-order valence-corrected chi connectivity index (χ2v) is 7.16. The van der Waals surface area contributed by atoms with E-state index >= 15 is 0 Å². The van der Waals surface area contributed by atoms with E-state index in [1.54, 1.807) is 0 Å². The molecule has 2 fully saturated rings. The van der Waals surface area contributed by atoms with Crippen LogP contribution in [0.2, 0.25) is 0 Å². The van der Waals surface area contributed by atoms with Crippen LogP contribution in [0.3, 0.4) is 0 Å². The number of hydrogen-bond acceptors (Lipinski definition) is 3. The van der Waals surface area contributed by atoms with Crippen molar-refractivity contribution in [1.29, 1.82) is 0 Å². The lowest BCUT2D eigenvalue weighted by Gasteiger charge is -2.33. The maximum Gasteiger partial charge on any atom is 0.240 e. The van der Waals surface area contributed by atoms with E-state index in [1.807, 2.05) is 36.1 Å². The summed E-state index contributed by atoms with van der Waals surface area (Å²) in [6.07, 6.45) is 6.24. The number of hydrogen-bond donors (Lipinski definition) is 2. The summed E-state index contributed by atoms with van der Waals surface area (Å²) in [7, 11) is 0. The Kier molecular flexibility index (Phi) is 6.47. The number of amides is 2. The van der Waals surface area contributed by atoms with Gasteiger partial charge in [0.2, 0.25) is 11.8 Å². The molecule has 2 amide bonds. The lowest BCUT2D eigenvalue weighted by atomic mass is 9.81. The van der Waals surface area contributed by atoms with E-state index in [2.05, 4.69) is 5.32 Å². The highest BCUT2D eigenvalue weighted by Gasteiger charge is 2.35. The molecule has 0 spiro atoms. The molecule has 1 aliphatic heterocycles. The normalized spacial score (nSPS) is 20.7. The average Bonchev–Trinajstić information content (AvgIpc) is 3.01. The Balaban J connectivity index is 0.00000225. The van der Waals surface area contributed by atoms with Gasteiger partial charge in [-0.05, 0) is 43.9 Å². The molecule has 1 aliphatic carbocycles. The Morgan fingerprint density at radius 3 is 2.60 bits per heavy atom. The van der Waals surface area contributed by atoms with E-state index in [4.69, 9.17) is 5.73 Å². The van der Waals surface area contributed by atoms with Crippen molar-refractivity contribution in [1.82, 2.24) is 5.32 Å². The van der Waals surface area contributed by atoms with Crippen LogP contribution in [0.5, 0.6) is 0 Å². The van der Waals surface area contributed by atoms with Crippen molar-refractivity contribution < 1.29 is 9.59 Å². The second-order valence-electron chi connectivity index (χ2n) is 7.16. The molecular formula is C19H28ClN3O2. The topological polar surface area (TPSA) is 75.4 Å². The van der Waals surface area contributed by atoms with Crippen LogP contribution < -0.4 is 16.0 Å². The fourth-order valence-corrected chi connectivity index (χ4v) is 3.72. The number of nitrogens with one attached hydrogen (secondary N) is 1. The predicted octanol–water partition coefficient (Wildman–Crippen LogP) is 3.07. The third kappa shape index (κ3) is 4.33. The minimum absolute atomic E-state index is 0. The van der Waals surface area contributed by atoms with Crippen LogP contribution in [0.1, 0.15) is 63.5 Å². The van der Waals surface area contributed by atoms with Gasteiger partial charge < -0.3 is 16.0 Å². The second kappa shape index (κ2) is 8.19. The molecule has 3 rings (SSSR count). The van der Waals surface area contributed by atoms with Crippen LogP contribution in [0, 0.1) is 0 Å². The third-order valence-corrected chi connectivity index (χ3v) is 5.30. The molecule has 1 aromatic carbocycles. The van der Waals surface area contributed by atoms with Gasteiger partial charge in [-0.15, -0.1) is 12.4 Å². The lowest BCUT2D eigenvalue weighted by Crippen LogP contribution is -2.55. The maximum atomic E-state index is 12.6. The van der Waals surface area contributed by atoms with E-state index in [0.717, 1.165) is 56.3 Å². The van der Waals surface area contributed by atoms with Gasteiger partial charge in [0.1, 0.15) is 0 Å². The molecular weight excluding hydrogens is 338 g/mol. The molecule has 1 unspecified atom stereocenters. The molecule has 1 heterocycles. The first-order valence-electron chi connectivity index (χ1n) is 9.00. The summed E-state index contributed by atoms with van der Waals surface area (Å²) in [5, 5.41) is 3.07. The van der Waals surface area contributed by atoms with Crippen LogP contribution >= 0.6 is 12.4 Å². The van der Waals surface area contributed by atoms with Crippen molar-refractivity contribution >= 4 is 29.9 Å². The largest absolute Gasteiger partial charge is 0.348 e. The molecule has 1 aromatic rings. The Morgan fingerprint density at radius 2 is 1.96 bits per heavy atom. The first-order valence-corrected chi connectivity index (χ1v) is 9.00. The molecule has 138 valence electrons. The predicted molar refractivity (Wildman–Crippen MR) is 102 cm³/mol. The molecule has 1 saturated carbocycles. The van der Waals surface area contributed by atoms with Crippen LogP contribution in [-0.2, 0) is 9.59 Å². The van der Waals surface area contributed by atoms with Crippen molar-refractivity contribution in [2.24, 2.45) is 5.73 Å². The van der Waals surface area contributed by atoms with Gasteiger partial charge in [-0.1, -0.05) is 31.4 Å². The number of anilines is 1. The SMILES string of the molecule is CC(NC(=O)C1(N)CCCCC1)c1cccc(N2CCCC2=O)c1.Cl. The Bertz CT molecular complexity index is 629. The van der Waals surface area contributed by atoms with E-state index in [-0.39, 0.29) is 30.3 Å². The number of benzene rings is 1. The number of halogens is 1. The van der Waals surface area contributed by atoms with Gasteiger partial charge in [0.05, 0.1) is 11.6 Å². The molecule has 3 N–H and O–H groups in total. The van der Waals surface area contributed by atoms with Crippen molar-refractivity contribution in [2.75, 3.05) is 11.4 Å². The third-order valence-electron chi connectivity index (χ3n) is 5.30. The molecule has 0 radical (unpaired) electrons. The summed E-state index contributed by atoms with van der Waals surface area (Å²) in [5.41, 5.74) is 7.50. The van der Waals surface area contributed by atoms with Gasteiger partial charge in [0, 0.05) is 18.7 Å². The smallest absolute Gasteiger partial charge is 0.240 e. The summed E-state index contributed by atoms with van der Waals surface area (Å²) in [5.74, 6) is 0.115. The minimum Gasteiger partial charge on any atom is -0.348 e. The highest BCUT2D eigenvalue weighted by Crippen LogP contribution is 2.28. The summed E-state index contributed by atoms with van der Waals surface area (Å²) in [4.78, 5) is 26.3. The van der Waals surface area contributed by atoms with Crippen LogP contribution in [0.4, 0.5) is 5.69 Å². The minimum atomic E-state index is -0.727. The number of nitrogens with zero attached hydrogens (tertiary/aromatic N) is 1. The van der Waals surface area contributed by atoms with Crippen molar-refractivity contribution in [2.45, 2.75) is 63.5 Å². The van der Waals surface area contributed by atoms with E-state index in [0.29, 0.717) is 6.42 Å². The lowest BCUT2D eigenvalue weighted by molar-refractivity contribution is -0.128. The number of rotatable bonds is 4. The molecule has 2 aliphatic rings. The maximum absolute atomic E-state index is 12.6.